The van der Waals surface area contributed by atoms with Gasteiger partial charge in [0.05, 0.1) is 24.4 Å². The number of anilines is 4. The number of benzene rings is 2. The zero-order valence-electron chi connectivity index (χ0n) is 16.8. The summed E-state index contributed by atoms with van der Waals surface area (Å²) in [5.74, 6) is 1.08. The predicted octanol–water partition coefficient (Wildman–Crippen LogP) is 3.46. The second kappa shape index (κ2) is 9.98. The largest absolute Gasteiger partial charge is 0.378 e. The first-order valence-corrected chi connectivity index (χ1v) is 10.1. The van der Waals surface area contributed by atoms with Crippen LogP contribution in [0.15, 0.2) is 53.6 Å². The Morgan fingerprint density at radius 1 is 1.03 bits per heavy atom. The van der Waals surface area contributed by atoms with Gasteiger partial charge in [0.15, 0.2) is 0 Å². The molecule has 1 fully saturated rings. The van der Waals surface area contributed by atoms with Crippen LogP contribution in [0.4, 0.5) is 29.2 Å². The quantitative estimate of drug-likeness (QED) is 0.313. The number of hydrogen-bond donors (Lipinski definition) is 2. The summed E-state index contributed by atoms with van der Waals surface area (Å²) in [7, 11) is 0. The van der Waals surface area contributed by atoms with Crippen LogP contribution in [0.25, 0.3) is 0 Å². The van der Waals surface area contributed by atoms with E-state index in [0.717, 1.165) is 5.69 Å². The Kier molecular flexibility index (Phi) is 6.68. The van der Waals surface area contributed by atoms with E-state index in [4.69, 9.17) is 16.3 Å². The van der Waals surface area contributed by atoms with E-state index in [0.29, 0.717) is 48.8 Å². The second-order valence-corrected chi connectivity index (χ2v) is 7.17. The van der Waals surface area contributed by atoms with Crippen molar-refractivity contribution in [1.29, 1.82) is 0 Å². The summed E-state index contributed by atoms with van der Waals surface area (Å²) in [6, 6.07) is 13.2. The molecule has 1 aliphatic rings. The molecule has 0 amide bonds. The molecular formula is C20H19ClN8O3. The van der Waals surface area contributed by atoms with Crippen molar-refractivity contribution in [1.82, 2.24) is 15.0 Å². The molecule has 1 aliphatic heterocycles. The number of hydrogen-bond acceptors (Lipinski definition) is 10. The molecular weight excluding hydrogens is 436 g/mol. The highest BCUT2D eigenvalue weighted by Gasteiger charge is 2.16. The fourth-order valence-electron chi connectivity index (χ4n) is 2.88. The molecule has 32 heavy (non-hydrogen) atoms. The van der Waals surface area contributed by atoms with Crippen molar-refractivity contribution in [3.05, 3.63) is 69.2 Å². The monoisotopic (exact) mass is 454 g/mol. The van der Waals surface area contributed by atoms with Crippen LogP contribution in [0.1, 0.15) is 5.56 Å². The molecule has 2 aromatic carbocycles. The Morgan fingerprint density at radius 3 is 2.41 bits per heavy atom. The maximum atomic E-state index is 10.8. The van der Waals surface area contributed by atoms with Crippen molar-refractivity contribution in [2.75, 3.05) is 41.9 Å². The minimum Gasteiger partial charge on any atom is -0.378 e. The minimum absolute atomic E-state index is 0.0145. The Labute approximate surface area is 188 Å². The van der Waals surface area contributed by atoms with Gasteiger partial charge in [-0.25, -0.2) is 5.43 Å². The van der Waals surface area contributed by atoms with Crippen LogP contribution in [0.2, 0.25) is 5.02 Å². The Hall–Kier alpha value is -3.83. The third kappa shape index (κ3) is 5.65. The predicted molar refractivity (Wildman–Crippen MR) is 122 cm³/mol. The van der Waals surface area contributed by atoms with Crippen LogP contribution >= 0.6 is 11.6 Å². The van der Waals surface area contributed by atoms with Gasteiger partial charge in [-0.15, -0.1) is 0 Å². The van der Waals surface area contributed by atoms with Crippen LogP contribution in [-0.2, 0) is 4.74 Å². The molecule has 4 rings (SSSR count). The van der Waals surface area contributed by atoms with Gasteiger partial charge in [0.1, 0.15) is 0 Å². The zero-order valence-corrected chi connectivity index (χ0v) is 17.6. The highest BCUT2D eigenvalue weighted by Crippen LogP contribution is 2.20. The van der Waals surface area contributed by atoms with Crippen molar-refractivity contribution in [2.45, 2.75) is 0 Å². The van der Waals surface area contributed by atoms with E-state index in [1.165, 1.54) is 18.3 Å². The van der Waals surface area contributed by atoms with Gasteiger partial charge >= 0.3 is 0 Å². The van der Waals surface area contributed by atoms with Gasteiger partial charge < -0.3 is 15.0 Å². The number of morpholine rings is 1. The molecule has 2 heterocycles. The summed E-state index contributed by atoms with van der Waals surface area (Å²) in [5.41, 5.74) is 4.27. The van der Waals surface area contributed by atoms with Crippen molar-refractivity contribution in [3.63, 3.8) is 0 Å². The lowest BCUT2D eigenvalue weighted by atomic mass is 10.2. The molecule has 11 nitrogen and oxygen atoms in total. The highest BCUT2D eigenvalue weighted by molar-refractivity contribution is 6.30. The third-order valence-electron chi connectivity index (χ3n) is 4.50. The van der Waals surface area contributed by atoms with Crippen LogP contribution in [0.3, 0.4) is 0 Å². The van der Waals surface area contributed by atoms with E-state index in [1.54, 1.807) is 24.3 Å². The molecule has 1 aromatic heterocycles. The topological polar surface area (TPSA) is 131 Å². The standard InChI is InChI=1S/C20H19ClN8O3/c21-15-3-5-16(6-4-15)23-18-24-19(26-20(25-18)28-9-11-32-12-10-28)27-22-13-14-1-7-17(8-2-14)29(30)31/h1-8,13H,9-12H2,(H2,23,24,25,26,27). The van der Waals surface area contributed by atoms with E-state index in [1.807, 2.05) is 17.0 Å². The fourth-order valence-corrected chi connectivity index (χ4v) is 3.01. The summed E-state index contributed by atoms with van der Waals surface area (Å²) in [4.78, 5) is 25.7. The van der Waals surface area contributed by atoms with Gasteiger partial charge in [0.2, 0.25) is 17.8 Å². The SMILES string of the molecule is O=[N+]([O-])c1ccc(C=NNc2nc(Nc3ccc(Cl)cc3)nc(N3CCOCC3)n2)cc1. The highest BCUT2D eigenvalue weighted by atomic mass is 35.5. The van der Waals surface area contributed by atoms with Crippen molar-refractivity contribution < 1.29 is 9.66 Å². The number of ether oxygens (including phenoxy) is 1. The number of nitro benzene ring substituents is 1. The summed E-state index contributed by atoms with van der Waals surface area (Å²) < 4.78 is 5.40. The lowest BCUT2D eigenvalue weighted by Gasteiger charge is -2.27. The van der Waals surface area contributed by atoms with Crippen molar-refractivity contribution >= 4 is 47.0 Å². The molecule has 0 spiro atoms. The maximum absolute atomic E-state index is 10.8. The molecule has 3 aromatic rings. The van der Waals surface area contributed by atoms with Crippen molar-refractivity contribution in [2.24, 2.45) is 5.10 Å². The number of non-ortho nitro benzene ring substituents is 1. The molecule has 0 saturated carbocycles. The van der Waals surface area contributed by atoms with Gasteiger partial charge in [0, 0.05) is 35.9 Å². The van der Waals surface area contributed by atoms with E-state index < -0.39 is 4.92 Å². The van der Waals surface area contributed by atoms with Crippen LogP contribution < -0.4 is 15.6 Å². The van der Waals surface area contributed by atoms with Crippen LogP contribution in [0.5, 0.6) is 0 Å². The van der Waals surface area contributed by atoms with Gasteiger partial charge in [-0.2, -0.15) is 20.1 Å². The zero-order chi connectivity index (χ0) is 22.3. The first kappa shape index (κ1) is 21.4. The van der Waals surface area contributed by atoms with E-state index in [-0.39, 0.29) is 11.6 Å². The van der Waals surface area contributed by atoms with Gasteiger partial charge in [-0.3, -0.25) is 10.1 Å². The molecule has 164 valence electrons. The number of nitrogens with zero attached hydrogens (tertiary/aromatic N) is 6. The molecule has 1 saturated heterocycles. The Morgan fingerprint density at radius 2 is 1.72 bits per heavy atom. The summed E-state index contributed by atoms with van der Waals surface area (Å²) >= 11 is 5.95. The summed E-state index contributed by atoms with van der Waals surface area (Å²) in [6.45, 7) is 2.51. The molecule has 12 heteroatoms. The average molecular weight is 455 g/mol. The molecule has 0 bridgehead atoms. The normalized spacial score (nSPS) is 13.8. The number of hydrazone groups is 1. The number of nitro groups is 1. The van der Waals surface area contributed by atoms with Gasteiger partial charge in [0.25, 0.3) is 5.69 Å². The summed E-state index contributed by atoms with van der Waals surface area (Å²) in [6.07, 6.45) is 1.52. The molecule has 0 atom stereocenters. The third-order valence-corrected chi connectivity index (χ3v) is 4.75. The van der Waals surface area contributed by atoms with E-state index in [2.05, 4.69) is 30.8 Å². The Balaban J connectivity index is 1.53. The smallest absolute Gasteiger partial charge is 0.269 e. The maximum Gasteiger partial charge on any atom is 0.269 e. The Bertz CT molecular complexity index is 1100. The van der Waals surface area contributed by atoms with E-state index >= 15 is 0 Å². The van der Waals surface area contributed by atoms with Gasteiger partial charge in [-0.1, -0.05) is 11.6 Å². The fraction of sp³-hybridized carbons (Fsp3) is 0.200. The average Bonchev–Trinajstić information content (AvgIpc) is 2.81. The van der Waals surface area contributed by atoms with E-state index in [9.17, 15) is 10.1 Å². The lowest BCUT2D eigenvalue weighted by molar-refractivity contribution is -0.384. The summed E-state index contributed by atoms with van der Waals surface area (Å²) in [5, 5.41) is 18.7. The first-order valence-electron chi connectivity index (χ1n) is 9.72. The number of nitrogens with one attached hydrogen (secondary N) is 2. The molecule has 0 aliphatic carbocycles. The van der Waals surface area contributed by atoms with Crippen molar-refractivity contribution in [3.8, 4) is 0 Å². The molecule has 0 radical (unpaired) electrons. The lowest BCUT2D eigenvalue weighted by Crippen LogP contribution is -2.37. The second-order valence-electron chi connectivity index (χ2n) is 6.73. The number of aromatic nitrogens is 3. The minimum atomic E-state index is -0.452. The van der Waals surface area contributed by atoms with Gasteiger partial charge in [-0.05, 0) is 42.0 Å². The van der Waals surface area contributed by atoms with Crippen LogP contribution in [0, 0.1) is 10.1 Å². The molecule has 2 N–H and O–H groups in total. The molecule has 0 unspecified atom stereocenters. The van der Waals surface area contributed by atoms with Crippen LogP contribution in [-0.4, -0.2) is 52.4 Å². The first-order chi connectivity index (χ1) is 15.6. The number of halogens is 1. The number of rotatable bonds is 7.